The van der Waals surface area contributed by atoms with Gasteiger partial charge in [-0.1, -0.05) is 29.3 Å². The summed E-state index contributed by atoms with van der Waals surface area (Å²) in [6, 6.07) is 5.20. The van der Waals surface area contributed by atoms with Gasteiger partial charge in [0.05, 0.1) is 21.8 Å². The summed E-state index contributed by atoms with van der Waals surface area (Å²) in [5, 5.41) is 15.6. The predicted octanol–water partition coefficient (Wildman–Crippen LogP) is 3.62. The highest BCUT2D eigenvalue weighted by Crippen LogP contribution is 2.28. The van der Waals surface area contributed by atoms with E-state index in [0.717, 1.165) is 22.5 Å². The lowest BCUT2D eigenvalue weighted by Gasteiger charge is -2.12. The zero-order valence-corrected chi connectivity index (χ0v) is 12.6. The molecule has 5 heteroatoms. The molecular formula is C14H16Cl2N2O. The van der Waals surface area contributed by atoms with Gasteiger partial charge in [0.25, 0.3) is 0 Å². The van der Waals surface area contributed by atoms with Crippen LogP contribution in [0.4, 0.5) is 0 Å². The van der Waals surface area contributed by atoms with Gasteiger partial charge in [0.2, 0.25) is 0 Å². The summed E-state index contributed by atoms with van der Waals surface area (Å²) in [5.41, 5.74) is 3.84. The lowest BCUT2D eigenvalue weighted by Crippen LogP contribution is -2.04. The minimum atomic E-state index is -0.614. The van der Waals surface area contributed by atoms with Gasteiger partial charge in [-0.15, -0.1) is 0 Å². The first-order valence-corrected chi connectivity index (χ1v) is 6.78. The van der Waals surface area contributed by atoms with E-state index in [1.54, 1.807) is 18.2 Å². The molecule has 0 radical (unpaired) electrons. The molecule has 2 rings (SSSR count). The lowest BCUT2D eigenvalue weighted by atomic mass is 10.0. The number of rotatable bonds is 3. The number of hydrogen-bond acceptors (Lipinski definition) is 2. The maximum atomic E-state index is 10.3. The van der Waals surface area contributed by atoms with Crippen molar-refractivity contribution < 1.29 is 5.11 Å². The molecule has 1 unspecified atom stereocenters. The molecule has 0 aliphatic carbocycles. The first-order valence-electron chi connectivity index (χ1n) is 6.02. The van der Waals surface area contributed by atoms with E-state index in [4.69, 9.17) is 23.2 Å². The normalized spacial score (nSPS) is 12.7. The minimum absolute atomic E-state index is 0.456. The summed E-state index contributed by atoms with van der Waals surface area (Å²) in [7, 11) is 1.90. The number of nitrogens with zero attached hydrogens (tertiary/aromatic N) is 2. The highest BCUT2D eigenvalue weighted by Gasteiger charge is 2.16. The molecule has 0 aliphatic heterocycles. The fraction of sp³-hybridized carbons (Fsp3) is 0.357. The lowest BCUT2D eigenvalue weighted by molar-refractivity contribution is 0.178. The van der Waals surface area contributed by atoms with E-state index >= 15 is 0 Å². The van der Waals surface area contributed by atoms with Gasteiger partial charge in [0.15, 0.2) is 0 Å². The molecule has 0 fully saturated rings. The Kier molecular flexibility index (Phi) is 4.19. The van der Waals surface area contributed by atoms with Crippen molar-refractivity contribution in [2.75, 3.05) is 0 Å². The number of aromatic nitrogens is 2. The molecule has 0 bridgehead atoms. The zero-order chi connectivity index (χ0) is 14.2. The van der Waals surface area contributed by atoms with Gasteiger partial charge in [0, 0.05) is 19.2 Å². The van der Waals surface area contributed by atoms with Crippen LogP contribution in [0.15, 0.2) is 18.2 Å². The standard InChI is InChI=1S/C14H16Cl2N2O/c1-8-11(9(2)18(3)17-8)7-14(19)10-4-5-12(15)13(16)6-10/h4-6,14,19H,7H2,1-3H3. The van der Waals surface area contributed by atoms with Crippen LogP contribution in [-0.4, -0.2) is 14.9 Å². The van der Waals surface area contributed by atoms with Gasteiger partial charge >= 0.3 is 0 Å². The maximum Gasteiger partial charge on any atom is 0.0832 e. The Hall–Kier alpha value is -1.03. The molecule has 0 spiro atoms. The fourth-order valence-corrected chi connectivity index (χ4v) is 2.45. The van der Waals surface area contributed by atoms with Crippen molar-refractivity contribution in [3.05, 3.63) is 50.8 Å². The summed E-state index contributed by atoms with van der Waals surface area (Å²) in [4.78, 5) is 0. The fourth-order valence-electron chi connectivity index (χ4n) is 2.14. The van der Waals surface area contributed by atoms with Crippen molar-refractivity contribution in [1.82, 2.24) is 9.78 Å². The summed E-state index contributed by atoms with van der Waals surface area (Å²) in [5.74, 6) is 0. The summed E-state index contributed by atoms with van der Waals surface area (Å²) >= 11 is 11.8. The highest BCUT2D eigenvalue weighted by atomic mass is 35.5. The van der Waals surface area contributed by atoms with Crippen molar-refractivity contribution in [1.29, 1.82) is 0 Å². The molecule has 0 saturated carbocycles. The van der Waals surface area contributed by atoms with Crippen molar-refractivity contribution in [3.63, 3.8) is 0 Å². The largest absolute Gasteiger partial charge is 0.388 e. The number of aryl methyl sites for hydroxylation is 2. The molecule has 1 atom stereocenters. The average molecular weight is 299 g/mol. The average Bonchev–Trinajstić information content (AvgIpc) is 2.59. The van der Waals surface area contributed by atoms with E-state index in [2.05, 4.69) is 5.10 Å². The van der Waals surface area contributed by atoms with E-state index in [0.29, 0.717) is 16.5 Å². The number of halogens is 2. The van der Waals surface area contributed by atoms with Crippen molar-refractivity contribution in [2.45, 2.75) is 26.4 Å². The van der Waals surface area contributed by atoms with Crippen LogP contribution < -0.4 is 0 Å². The quantitative estimate of drug-likeness (QED) is 0.940. The smallest absolute Gasteiger partial charge is 0.0832 e. The van der Waals surface area contributed by atoms with Crippen molar-refractivity contribution in [3.8, 4) is 0 Å². The molecule has 0 aliphatic rings. The predicted molar refractivity (Wildman–Crippen MR) is 77.8 cm³/mol. The molecule has 19 heavy (non-hydrogen) atoms. The van der Waals surface area contributed by atoms with Crippen LogP contribution in [0.25, 0.3) is 0 Å². The molecule has 3 nitrogen and oxygen atoms in total. The molecule has 0 amide bonds. The van der Waals surface area contributed by atoms with Crippen LogP contribution in [0.5, 0.6) is 0 Å². The van der Waals surface area contributed by atoms with E-state index < -0.39 is 6.10 Å². The second kappa shape index (κ2) is 5.53. The number of benzene rings is 1. The first-order chi connectivity index (χ1) is 8.90. The third-order valence-corrected chi connectivity index (χ3v) is 4.12. The second-order valence-corrected chi connectivity index (χ2v) is 5.48. The number of hydrogen-bond donors (Lipinski definition) is 1. The summed E-state index contributed by atoms with van der Waals surface area (Å²) in [6.07, 6.45) is -0.0971. The van der Waals surface area contributed by atoms with Gasteiger partial charge in [-0.25, -0.2) is 0 Å². The Morgan fingerprint density at radius 3 is 2.47 bits per heavy atom. The van der Waals surface area contributed by atoms with E-state index in [1.165, 1.54) is 0 Å². The highest BCUT2D eigenvalue weighted by molar-refractivity contribution is 6.42. The summed E-state index contributed by atoms with van der Waals surface area (Å²) < 4.78 is 1.83. The minimum Gasteiger partial charge on any atom is -0.388 e. The third-order valence-electron chi connectivity index (χ3n) is 3.38. The molecule has 2 aromatic rings. The maximum absolute atomic E-state index is 10.3. The molecule has 1 heterocycles. The van der Waals surface area contributed by atoms with Gasteiger partial charge in [-0.2, -0.15) is 5.10 Å². The zero-order valence-electron chi connectivity index (χ0n) is 11.1. The van der Waals surface area contributed by atoms with Gasteiger partial charge in [0.1, 0.15) is 0 Å². The van der Waals surface area contributed by atoms with Crippen LogP contribution in [0, 0.1) is 13.8 Å². The number of aliphatic hydroxyl groups is 1. The SMILES string of the molecule is Cc1nn(C)c(C)c1CC(O)c1ccc(Cl)c(Cl)c1. The van der Waals surface area contributed by atoms with Gasteiger partial charge < -0.3 is 5.11 Å². The first kappa shape index (κ1) is 14.4. The van der Waals surface area contributed by atoms with E-state index in [1.807, 2.05) is 25.6 Å². The van der Waals surface area contributed by atoms with Crippen LogP contribution in [0.1, 0.15) is 28.6 Å². The monoisotopic (exact) mass is 298 g/mol. The van der Waals surface area contributed by atoms with Crippen LogP contribution in [0.2, 0.25) is 10.0 Å². The molecule has 1 N–H and O–H groups in total. The molecule has 1 aromatic heterocycles. The molecule has 102 valence electrons. The Morgan fingerprint density at radius 2 is 1.95 bits per heavy atom. The molecule has 1 aromatic carbocycles. The molecule has 0 saturated heterocycles. The summed E-state index contributed by atoms with van der Waals surface area (Å²) in [6.45, 7) is 3.95. The van der Waals surface area contributed by atoms with E-state index in [-0.39, 0.29) is 0 Å². The van der Waals surface area contributed by atoms with Gasteiger partial charge in [-0.3, -0.25) is 4.68 Å². The van der Waals surface area contributed by atoms with Crippen molar-refractivity contribution >= 4 is 23.2 Å². The Bertz CT molecular complexity index is 608. The molecular weight excluding hydrogens is 283 g/mol. The van der Waals surface area contributed by atoms with Gasteiger partial charge in [-0.05, 0) is 37.1 Å². The topological polar surface area (TPSA) is 38.0 Å². The Labute approximate surface area is 122 Å². The second-order valence-electron chi connectivity index (χ2n) is 4.67. The van der Waals surface area contributed by atoms with E-state index in [9.17, 15) is 5.11 Å². The number of aliphatic hydroxyl groups excluding tert-OH is 1. The Balaban J connectivity index is 2.25. The van der Waals surface area contributed by atoms with Crippen LogP contribution in [0.3, 0.4) is 0 Å². The third kappa shape index (κ3) is 2.94. The Morgan fingerprint density at radius 1 is 1.26 bits per heavy atom. The van der Waals surface area contributed by atoms with Crippen molar-refractivity contribution in [2.24, 2.45) is 7.05 Å². The van der Waals surface area contributed by atoms with Crippen LogP contribution >= 0.6 is 23.2 Å². The van der Waals surface area contributed by atoms with Crippen LogP contribution in [-0.2, 0) is 13.5 Å².